The van der Waals surface area contributed by atoms with Gasteiger partial charge in [-0.3, -0.25) is 4.79 Å². The largest absolute Gasteiger partial charge is 0.493 e. The van der Waals surface area contributed by atoms with Crippen LogP contribution in [0, 0.1) is 0 Å². The number of benzene rings is 4. The number of carbonyl (C=O) groups is 1. The first-order chi connectivity index (χ1) is 18.0. The maximum atomic E-state index is 12.4. The summed E-state index contributed by atoms with van der Waals surface area (Å²) >= 11 is 6.20. The highest BCUT2D eigenvalue weighted by atomic mass is 35.5. The zero-order chi connectivity index (χ0) is 26.0. The van der Waals surface area contributed by atoms with Gasteiger partial charge in [0, 0.05) is 10.6 Å². The van der Waals surface area contributed by atoms with Gasteiger partial charge < -0.3 is 14.2 Å². The van der Waals surface area contributed by atoms with Gasteiger partial charge in [-0.05, 0) is 60.0 Å². The molecule has 1 N–H and O–H groups in total. The fraction of sp³-hybridized carbons (Fsp3) is 0.133. The first-order valence-corrected chi connectivity index (χ1v) is 12.1. The molecule has 4 aromatic carbocycles. The van der Waals surface area contributed by atoms with Gasteiger partial charge in [-0.1, -0.05) is 72.3 Å². The molecule has 0 aliphatic carbocycles. The summed E-state index contributed by atoms with van der Waals surface area (Å²) in [6, 6.07) is 30.5. The molecule has 6 nitrogen and oxygen atoms in total. The van der Waals surface area contributed by atoms with E-state index in [0.717, 1.165) is 22.3 Å². The van der Waals surface area contributed by atoms with Crippen molar-refractivity contribution in [1.82, 2.24) is 5.43 Å². The maximum absolute atomic E-state index is 12.4. The normalized spacial score (nSPS) is 11.6. The van der Waals surface area contributed by atoms with Crippen molar-refractivity contribution in [2.24, 2.45) is 5.10 Å². The third-order valence-electron chi connectivity index (χ3n) is 5.56. The minimum absolute atomic E-state index is 0.312. The first kappa shape index (κ1) is 25.8. The minimum Gasteiger partial charge on any atom is -0.493 e. The van der Waals surface area contributed by atoms with Crippen LogP contribution >= 0.6 is 11.6 Å². The molecule has 4 rings (SSSR count). The standard InChI is InChI=1S/C30H27ClN2O4/c1-21(37-26-15-13-24(14-16-26)23-8-4-3-5-9-23)30(34)33-32-19-22-12-17-28(29(18-22)35-2)36-20-25-10-6-7-11-27(25)31/h3-19,21H,20H2,1-2H3,(H,33,34)/b32-19+. The van der Waals surface area contributed by atoms with Gasteiger partial charge >= 0.3 is 0 Å². The van der Waals surface area contributed by atoms with Crippen LogP contribution in [-0.2, 0) is 11.4 Å². The molecule has 188 valence electrons. The van der Waals surface area contributed by atoms with Crippen molar-refractivity contribution in [3.8, 4) is 28.4 Å². The molecule has 0 aliphatic rings. The summed E-state index contributed by atoms with van der Waals surface area (Å²) in [5, 5.41) is 4.69. The van der Waals surface area contributed by atoms with Gasteiger partial charge in [0.2, 0.25) is 0 Å². The first-order valence-electron chi connectivity index (χ1n) is 11.7. The fourth-order valence-corrected chi connectivity index (χ4v) is 3.72. The molecule has 0 fully saturated rings. The number of carbonyl (C=O) groups excluding carboxylic acids is 1. The summed E-state index contributed by atoms with van der Waals surface area (Å²) in [6.45, 7) is 1.98. The van der Waals surface area contributed by atoms with Crippen LogP contribution in [0.3, 0.4) is 0 Å². The molecule has 0 aromatic heterocycles. The summed E-state index contributed by atoms with van der Waals surface area (Å²) in [4.78, 5) is 12.4. The molecular formula is C30H27ClN2O4. The molecule has 7 heteroatoms. The highest BCUT2D eigenvalue weighted by Gasteiger charge is 2.14. The number of rotatable bonds is 10. The van der Waals surface area contributed by atoms with Crippen LogP contribution in [0.2, 0.25) is 5.02 Å². The van der Waals surface area contributed by atoms with Gasteiger partial charge in [-0.2, -0.15) is 5.10 Å². The Bertz CT molecular complexity index is 1360. The summed E-state index contributed by atoms with van der Waals surface area (Å²) < 4.78 is 17.1. The Morgan fingerprint density at radius 2 is 1.62 bits per heavy atom. The molecule has 0 bridgehead atoms. The lowest BCUT2D eigenvalue weighted by Gasteiger charge is -2.13. The van der Waals surface area contributed by atoms with Gasteiger partial charge in [-0.25, -0.2) is 5.43 Å². The molecule has 0 aliphatic heterocycles. The topological polar surface area (TPSA) is 69.2 Å². The highest BCUT2D eigenvalue weighted by molar-refractivity contribution is 6.31. The zero-order valence-electron chi connectivity index (χ0n) is 20.6. The maximum Gasteiger partial charge on any atom is 0.280 e. The predicted molar refractivity (Wildman–Crippen MR) is 146 cm³/mol. The Morgan fingerprint density at radius 1 is 0.919 bits per heavy atom. The SMILES string of the molecule is COc1cc(/C=N/NC(=O)C(C)Oc2ccc(-c3ccccc3)cc2)ccc1OCc1ccccc1Cl. The molecule has 1 atom stereocenters. The smallest absolute Gasteiger partial charge is 0.280 e. The Labute approximate surface area is 221 Å². The van der Waals surface area contributed by atoms with Crippen LogP contribution in [0.15, 0.2) is 102 Å². The number of methoxy groups -OCH3 is 1. The molecule has 37 heavy (non-hydrogen) atoms. The van der Waals surface area contributed by atoms with E-state index in [0.29, 0.717) is 28.9 Å². The van der Waals surface area contributed by atoms with Crippen LogP contribution in [0.5, 0.6) is 17.2 Å². The third-order valence-corrected chi connectivity index (χ3v) is 5.93. The second kappa shape index (κ2) is 12.6. The van der Waals surface area contributed by atoms with Crippen molar-refractivity contribution in [1.29, 1.82) is 0 Å². The van der Waals surface area contributed by atoms with E-state index in [1.165, 1.54) is 6.21 Å². The number of hydrazone groups is 1. The fourth-order valence-electron chi connectivity index (χ4n) is 3.53. The molecule has 0 radical (unpaired) electrons. The van der Waals surface area contributed by atoms with Gasteiger partial charge in [0.15, 0.2) is 17.6 Å². The van der Waals surface area contributed by atoms with E-state index >= 15 is 0 Å². The van der Waals surface area contributed by atoms with Crippen molar-refractivity contribution in [2.45, 2.75) is 19.6 Å². The Morgan fingerprint density at radius 3 is 2.35 bits per heavy atom. The molecule has 0 saturated heterocycles. The summed E-state index contributed by atoms with van der Waals surface area (Å²) in [7, 11) is 1.56. The average Bonchev–Trinajstić information content (AvgIpc) is 2.93. The number of hydrogen-bond donors (Lipinski definition) is 1. The third kappa shape index (κ3) is 7.12. The number of halogens is 1. The number of nitrogens with one attached hydrogen (secondary N) is 1. The lowest BCUT2D eigenvalue weighted by atomic mass is 10.1. The van der Waals surface area contributed by atoms with Gasteiger partial charge in [0.25, 0.3) is 5.91 Å². The van der Waals surface area contributed by atoms with Crippen molar-refractivity contribution in [3.63, 3.8) is 0 Å². The Hall–Kier alpha value is -4.29. The van der Waals surface area contributed by atoms with E-state index in [4.69, 9.17) is 25.8 Å². The van der Waals surface area contributed by atoms with E-state index in [1.54, 1.807) is 26.2 Å². The Balaban J connectivity index is 1.30. The highest BCUT2D eigenvalue weighted by Crippen LogP contribution is 2.29. The Kier molecular flexibility index (Phi) is 8.79. The molecule has 0 spiro atoms. The molecule has 0 saturated carbocycles. The van der Waals surface area contributed by atoms with E-state index in [2.05, 4.69) is 10.5 Å². The molecule has 1 amide bonds. The lowest BCUT2D eigenvalue weighted by molar-refractivity contribution is -0.127. The summed E-state index contributed by atoms with van der Waals surface area (Å²) in [5.74, 6) is 1.35. The minimum atomic E-state index is -0.727. The lowest BCUT2D eigenvalue weighted by Crippen LogP contribution is -2.33. The number of ether oxygens (including phenoxy) is 3. The van der Waals surface area contributed by atoms with Crippen LogP contribution in [0.25, 0.3) is 11.1 Å². The van der Waals surface area contributed by atoms with Crippen molar-refractivity contribution in [2.75, 3.05) is 7.11 Å². The summed E-state index contributed by atoms with van der Waals surface area (Å²) in [5.41, 5.74) is 6.31. The van der Waals surface area contributed by atoms with E-state index in [-0.39, 0.29) is 5.91 Å². The molecule has 1 unspecified atom stereocenters. The van der Waals surface area contributed by atoms with Crippen LogP contribution < -0.4 is 19.6 Å². The van der Waals surface area contributed by atoms with Gasteiger partial charge in [0.05, 0.1) is 13.3 Å². The second-order valence-electron chi connectivity index (χ2n) is 8.18. The zero-order valence-corrected chi connectivity index (χ0v) is 21.3. The molecule has 4 aromatic rings. The van der Waals surface area contributed by atoms with Crippen molar-refractivity contribution < 1.29 is 19.0 Å². The predicted octanol–water partition coefficient (Wildman–Crippen LogP) is 6.51. The van der Waals surface area contributed by atoms with Gasteiger partial charge in [0.1, 0.15) is 12.4 Å². The number of hydrogen-bond acceptors (Lipinski definition) is 5. The molecule has 0 heterocycles. The second-order valence-corrected chi connectivity index (χ2v) is 8.58. The van der Waals surface area contributed by atoms with E-state index in [9.17, 15) is 4.79 Å². The van der Waals surface area contributed by atoms with Crippen molar-refractivity contribution in [3.05, 3.63) is 113 Å². The number of nitrogens with zero attached hydrogens (tertiary/aromatic N) is 1. The van der Waals surface area contributed by atoms with E-state index < -0.39 is 6.10 Å². The summed E-state index contributed by atoms with van der Waals surface area (Å²) in [6.07, 6.45) is 0.800. The van der Waals surface area contributed by atoms with Crippen molar-refractivity contribution >= 4 is 23.7 Å². The average molecular weight is 515 g/mol. The van der Waals surface area contributed by atoms with Gasteiger partial charge in [-0.15, -0.1) is 0 Å². The quantitative estimate of drug-likeness (QED) is 0.193. The van der Waals surface area contributed by atoms with Crippen LogP contribution in [-0.4, -0.2) is 25.3 Å². The van der Waals surface area contributed by atoms with Crippen LogP contribution in [0.4, 0.5) is 0 Å². The van der Waals surface area contributed by atoms with E-state index in [1.807, 2.05) is 84.9 Å². The molecular weight excluding hydrogens is 488 g/mol. The monoisotopic (exact) mass is 514 g/mol. The van der Waals surface area contributed by atoms with Crippen LogP contribution in [0.1, 0.15) is 18.1 Å². The number of amides is 1.